The Hall–Kier alpha value is -1.01. The molecule has 0 amide bonds. The molecule has 5 nitrogen and oxygen atoms in total. The van der Waals surface area contributed by atoms with Gasteiger partial charge in [0.2, 0.25) is 5.82 Å². The average Bonchev–Trinajstić information content (AvgIpc) is 2.35. The summed E-state index contributed by atoms with van der Waals surface area (Å²) in [5.74, 6) is 0.546. The van der Waals surface area contributed by atoms with Crippen LogP contribution in [-0.4, -0.2) is 26.7 Å². The van der Waals surface area contributed by atoms with Gasteiger partial charge >= 0.3 is 0 Å². The number of hydrazone groups is 1. The van der Waals surface area contributed by atoms with Crippen molar-refractivity contribution in [2.45, 2.75) is 3.79 Å². The van der Waals surface area contributed by atoms with E-state index in [-0.39, 0.29) is 11.8 Å². The number of rotatable bonds is 0. The molecule has 0 atom stereocenters. The van der Waals surface area contributed by atoms with Crippen molar-refractivity contribution in [1.82, 2.24) is 9.97 Å². The number of anilines is 1. The minimum Gasteiger partial charge on any atom is -0.415 e. The summed E-state index contributed by atoms with van der Waals surface area (Å²) in [4.78, 5) is 8.72. The maximum Gasteiger partial charge on any atom is 0.268 e. The summed E-state index contributed by atoms with van der Waals surface area (Å²) in [6.45, 7) is 0. The molecule has 0 saturated carbocycles. The normalized spacial score (nSPS) is 14.8. The molecule has 20 heavy (non-hydrogen) atoms. The van der Waals surface area contributed by atoms with Crippen molar-refractivity contribution in [3.63, 3.8) is 0 Å². The van der Waals surface area contributed by atoms with Crippen molar-refractivity contribution in [3.05, 3.63) is 23.2 Å². The van der Waals surface area contributed by atoms with Crippen LogP contribution in [0.3, 0.4) is 0 Å². The lowest BCUT2D eigenvalue weighted by molar-refractivity contribution is 0.498. The summed E-state index contributed by atoms with van der Waals surface area (Å²) in [7, 11) is 1.66. The van der Waals surface area contributed by atoms with Crippen LogP contribution in [-0.2, 0) is 0 Å². The lowest BCUT2D eigenvalue weighted by Crippen LogP contribution is -2.33. The molecule has 0 fully saturated rings. The van der Waals surface area contributed by atoms with E-state index in [1.165, 1.54) is 5.01 Å². The fraction of sp³-hybridized carbons (Fsp3) is 0.182. The van der Waals surface area contributed by atoms with Crippen LogP contribution in [0.1, 0.15) is 0 Å². The van der Waals surface area contributed by atoms with Crippen molar-refractivity contribution < 1.29 is 4.74 Å². The van der Waals surface area contributed by atoms with Gasteiger partial charge < -0.3 is 4.74 Å². The van der Waals surface area contributed by atoms with Crippen molar-refractivity contribution in [2.24, 2.45) is 5.10 Å². The monoisotopic (exact) mass is 350 g/mol. The third kappa shape index (κ3) is 2.46. The van der Waals surface area contributed by atoms with Crippen LogP contribution in [0.4, 0.5) is 5.82 Å². The summed E-state index contributed by atoms with van der Waals surface area (Å²) in [6, 6.07) is 5.16. The second-order valence-electron chi connectivity index (χ2n) is 4.01. The Labute approximate surface area is 134 Å². The van der Waals surface area contributed by atoms with Crippen molar-refractivity contribution in [1.29, 1.82) is 0 Å². The van der Waals surface area contributed by atoms with E-state index in [1.54, 1.807) is 25.2 Å². The second-order valence-corrected chi connectivity index (χ2v) is 6.73. The van der Waals surface area contributed by atoms with Gasteiger partial charge in [0.25, 0.3) is 15.6 Å². The number of halogens is 4. The first-order chi connectivity index (χ1) is 9.34. The highest BCUT2D eigenvalue weighted by atomic mass is 35.6. The second kappa shape index (κ2) is 4.77. The summed E-state index contributed by atoms with van der Waals surface area (Å²) in [5, 5.41) is 6.01. The molecule has 1 aromatic heterocycles. The quantitative estimate of drug-likeness (QED) is 0.677. The molecule has 0 N–H and O–H groups in total. The maximum absolute atomic E-state index is 5.93. The fourth-order valence-corrected chi connectivity index (χ4v) is 2.09. The molecule has 0 spiro atoms. The molecule has 0 unspecified atom stereocenters. The van der Waals surface area contributed by atoms with Gasteiger partial charge in [-0.25, -0.2) is 15.0 Å². The van der Waals surface area contributed by atoms with Gasteiger partial charge in [0.15, 0.2) is 0 Å². The molecule has 2 heterocycles. The van der Waals surface area contributed by atoms with E-state index in [0.29, 0.717) is 21.9 Å². The SMILES string of the molecule is CN1N=C(C(Cl)(Cl)Cl)Oc2nc3cc(Cl)ccc3nc21. The molecule has 1 aliphatic heterocycles. The predicted octanol–water partition coefficient (Wildman–Crippen LogP) is 3.80. The summed E-state index contributed by atoms with van der Waals surface area (Å²) in [6.07, 6.45) is 0. The number of aromatic nitrogens is 2. The Kier molecular flexibility index (Phi) is 3.33. The molecule has 3 rings (SSSR count). The van der Waals surface area contributed by atoms with Crippen LogP contribution in [0.25, 0.3) is 11.0 Å². The first-order valence-electron chi connectivity index (χ1n) is 5.39. The maximum atomic E-state index is 5.93. The summed E-state index contributed by atoms with van der Waals surface area (Å²) >= 11 is 23.2. The Morgan fingerprint density at radius 2 is 1.90 bits per heavy atom. The highest BCUT2D eigenvalue weighted by Crippen LogP contribution is 2.36. The highest BCUT2D eigenvalue weighted by Gasteiger charge is 2.36. The third-order valence-corrected chi connectivity index (χ3v) is 3.28. The van der Waals surface area contributed by atoms with E-state index in [2.05, 4.69) is 15.1 Å². The average molecular weight is 352 g/mol. The van der Waals surface area contributed by atoms with E-state index in [9.17, 15) is 0 Å². The van der Waals surface area contributed by atoms with Crippen LogP contribution in [0.15, 0.2) is 23.3 Å². The Morgan fingerprint density at radius 3 is 2.60 bits per heavy atom. The summed E-state index contributed by atoms with van der Waals surface area (Å²) in [5.41, 5.74) is 1.24. The van der Waals surface area contributed by atoms with Crippen LogP contribution in [0, 0.1) is 0 Å². The molecule has 1 aromatic carbocycles. The van der Waals surface area contributed by atoms with Gasteiger partial charge in [-0.2, -0.15) is 0 Å². The van der Waals surface area contributed by atoms with Crippen molar-refractivity contribution >= 4 is 69.2 Å². The predicted molar refractivity (Wildman–Crippen MR) is 81.3 cm³/mol. The lowest BCUT2D eigenvalue weighted by atomic mass is 10.3. The molecule has 2 aromatic rings. The topological polar surface area (TPSA) is 50.6 Å². The molecule has 0 aliphatic carbocycles. The zero-order chi connectivity index (χ0) is 14.5. The van der Waals surface area contributed by atoms with Crippen LogP contribution >= 0.6 is 46.4 Å². The third-order valence-electron chi connectivity index (χ3n) is 2.56. The molecular weight excluding hydrogens is 346 g/mol. The van der Waals surface area contributed by atoms with E-state index < -0.39 is 3.79 Å². The number of benzene rings is 1. The Morgan fingerprint density at radius 1 is 1.15 bits per heavy atom. The molecule has 104 valence electrons. The van der Waals surface area contributed by atoms with Gasteiger partial charge in [-0.1, -0.05) is 46.4 Å². The number of alkyl halides is 3. The molecule has 0 radical (unpaired) electrons. The number of fused-ring (bicyclic) bond motifs is 2. The highest BCUT2D eigenvalue weighted by molar-refractivity contribution is 6.76. The first-order valence-corrected chi connectivity index (χ1v) is 6.90. The summed E-state index contributed by atoms with van der Waals surface area (Å²) < 4.78 is 3.63. The zero-order valence-corrected chi connectivity index (χ0v) is 13.0. The molecular formula is C11H6Cl4N4O. The largest absolute Gasteiger partial charge is 0.415 e. The number of ether oxygens (including phenoxy) is 1. The van der Waals surface area contributed by atoms with Gasteiger partial charge in [0.1, 0.15) is 0 Å². The van der Waals surface area contributed by atoms with Crippen molar-refractivity contribution in [3.8, 4) is 5.88 Å². The van der Waals surface area contributed by atoms with Gasteiger partial charge in [-0.15, -0.1) is 5.10 Å². The van der Waals surface area contributed by atoms with E-state index >= 15 is 0 Å². The van der Waals surface area contributed by atoms with Gasteiger partial charge in [0, 0.05) is 12.1 Å². The minimum atomic E-state index is -1.78. The minimum absolute atomic E-state index is 0.0896. The molecule has 0 bridgehead atoms. The van der Waals surface area contributed by atoms with Crippen LogP contribution in [0.2, 0.25) is 5.02 Å². The Balaban J connectivity index is 2.15. The van der Waals surface area contributed by atoms with Crippen LogP contribution < -0.4 is 9.75 Å². The van der Waals surface area contributed by atoms with E-state index in [1.807, 2.05) is 0 Å². The number of nitrogens with zero attached hydrogens (tertiary/aromatic N) is 4. The van der Waals surface area contributed by atoms with Gasteiger partial charge in [0.05, 0.1) is 11.0 Å². The first kappa shape index (κ1) is 13.9. The lowest BCUT2D eigenvalue weighted by Gasteiger charge is -2.25. The van der Waals surface area contributed by atoms with E-state index in [0.717, 1.165) is 0 Å². The fourth-order valence-electron chi connectivity index (χ4n) is 1.69. The molecule has 1 aliphatic rings. The Bertz CT molecular complexity index is 728. The zero-order valence-electron chi connectivity index (χ0n) is 9.94. The standard InChI is InChI=1S/C11H6Cl4N4O/c1-19-8-9(20-10(18-19)11(13,14)15)17-7-4-5(12)2-3-6(7)16-8/h2-4H,1H3. The van der Waals surface area contributed by atoms with Gasteiger partial charge in [-0.3, -0.25) is 0 Å². The van der Waals surface area contributed by atoms with Crippen LogP contribution in [0.5, 0.6) is 5.88 Å². The van der Waals surface area contributed by atoms with E-state index in [4.69, 9.17) is 51.1 Å². The molecule has 0 saturated heterocycles. The van der Waals surface area contributed by atoms with Crippen molar-refractivity contribution in [2.75, 3.05) is 12.1 Å². The molecule has 9 heteroatoms. The number of hydrogen-bond acceptors (Lipinski definition) is 5. The van der Waals surface area contributed by atoms with Gasteiger partial charge in [-0.05, 0) is 18.2 Å². The number of hydrogen-bond donors (Lipinski definition) is 0. The smallest absolute Gasteiger partial charge is 0.268 e.